The molecule has 3 heteroatoms. The highest BCUT2D eigenvalue weighted by Gasteiger charge is 2.24. The summed E-state index contributed by atoms with van der Waals surface area (Å²) in [6.45, 7) is 5.44. The maximum absolute atomic E-state index is 8.95. The van der Waals surface area contributed by atoms with E-state index in [0.29, 0.717) is 5.92 Å². The van der Waals surface area contributed by atoms with Crippen molar-refractivity contribution in [3.8, 4) is 0 Å². The topological polar surface area (TPSA) is 24.7 Å². The Hall–Kier alpha value is -0.570. The fourth-order valence-corrected chi connectivity index (χ4v) is 2.60. The summed E-state index contributed by atoms with van der Waals surface area (Å²) in [5, 5.41) is 9.78. The zero-order valence-electron chi connectivity index (χ0n) is 8.96. The summed E-state index contributed by atoms with van der Waals surface area (Å²) in [6.07, 6.45) is 0. The molecule has 0 aliphatic carbocycles. The molecule has 0 radical (unpaired) electrons. The number of rotatable bonds is 2. The first-order valence-corrected chi connectivity index (χ1v) is 5.81. The predicted molar refractivity (Wildman–Crippen MR) is 61.4 cm³/mol. The van der Waals surface area contributed by atoms with E-state index in [-0.39, 0.29) is 6.61 Å². The first-order chi connectivity index (χ1) is 7.20. The Bertz CT molecular complexity index is 353. The molecule has 82 valence electrons. The Balaban J connectivity index is 2.24. The van der Waals surface area contributed by atoms with Gasteiger partial charge in [0.25, 0.3) is 0 Å². The fourth-order valence-electron chi connectivity index (χ4n) is 2.42. The Labute approximate surface area is 95.5 Å². The number of quaternary nitrogens is 1. The average molecular weight is 227 g/mol. The standard InChI is InChI=1S/C12H16ClNO/c1-9-7-14(4-5-15)8-10-2-3-11(13)6-12(9)10/h2-3,6,9,15H,4-5,7-8H2,1H3/p+1/t9-/m0/s1. The summed E-state index contributed by atoms with van der Waals surface area (Å²) < 4.78 is 0. The fraction of sp³-hybridized carbons (Fsp3) is 0.500. The van der Waals surface area contributed by atoms with Crippen LogP contribution in [0.2, 0.25) is 5.02 Å². The second kappa shape index (κ2) is 4.52. The SMILES string of the molecule is C[C@H]1C[NH+](CCO)Cc2ccc(Cl)cc21. The van der Waals surface area contributed by atoms with Gasteiger partial charge in [0.05, 0.1) is 13.2 Å². The van der Waals surface area contributed by atoms with E-state index in [9.17, 15) is 0 Å². The van der Waals surface area contributed by atoms with Crippen molar-refractivity contribution in [2.45, 2.75) is 19.4 Å². The average Bonchev–Trinajstić information content (AvgIpc) is 2.20. The van der Waals surface area contributed by atoms with Crippen molar-refractivity contribution < 1.29 is 10.0 Å². The number of hydrogen-bond acceptors (Lipinski definition) is 1. The molecule has 2 N–H and O–H groups in total. The van der Waals surface area contributed by atoms with Crippen LogP contribution in [0.5, 0.6) is 0 Å². The van der Waals surface area contributed by atoms with E-state index in [1.807, 2.05) is 6.07 Å². The van der Waals surface area contributed by atoms with Crippen molar-refractivity contribution in [3.63, 3.8) is 0 Å². The van der Waals surface area contributed by atoms with Gasteiger partial charge in [0.15, 0.2) is 0 Å². The third-order valence-corrected chi connectivity index (χ3v) is 3.37. The van der Waals surface area contributed by atoms with Crippen LogP contribution in [-0.2, 0) is 6.54 Å². The molecule has 2 nitrogen and oxygen atoms in total. The highest BCUT2D eigenvalue weighted by Crippen LogP contribution is 2.24. The molecule has 1 aromatic rings. The van der Waals surface area contributed by atoms with Gasteiger partial charge in [-0.25, -0.2) is 0 Å². The van der Waals surface area contributed by atoms with Crippen LogP contribution in [-0.4, -0.2) is 24.8 Å². The van der Waals surface area contributed by atoms with Gasteiger partial charge in [-0.2, -0.15) is 0 Å². The molecule has 0 saturated heterocycles. The van der Waals surface area contributed by atoms with Crippen LogP contribution < -0.4 is 4.90 Å². The first-order valence-electron chi connectivity index (χ1n) is 5.43. The highest BCUT2D eigenvalue weighted by atomic mass is 35.5. The third kappa shape index (κ3) is 2.33. The van der Waals surface area contributed by atoms with Crippen molar-refractivity contribution in [2.24, 2.45) is 0 Å². The number of nitrogens with one attached hydrogen (secondary N) is 1. The van der Waals surface area contributed by atoms with Gasteiger partial charge < -0.3 is 10.0 Å². The molecular formula is C12H17ClNO+. The van der Waals surface area contributed by atoms with Crippen LogP contribution >= 0.6 is 11.6 Å². The van der Waals surface area contributed by atoms with Crippen molar-refractivity contribution in [1.29, 1.82) is 0 Å². The maximum Gasteiger partial charge on any atom is 0.103 e. The van der Waals surface area contributed by atoms with Crippen molar-refractivity contribution in [2.75, 3.05) is 19.7 Å². The van der Waals surface area contributed by atoms with E-state index in [1.54, 1.807) is 0 Å². The van der Waals surface area contributed by atoms with Crippen LogP contribution in [0.3, 0.4) is 0 Å². The lowest BCUT2D eigenvalue weighted by Gasteiger charge is -2.29. The Morgan fingerprint density at radius 2 is 2.33 bits per heavy atom. The quantitative estimate of drug-likeness (QED) is 0.768. The van der Waals surface area contributed by atoms with Gasteiger partial charge in [0.2, 0.25) is 0 Å². The number of hydrogen-bond donors (Lipinski definition) is 2. The predicted octanol–water partition coefficient (Wildman–Crippen LogP) is 0.834. The monoisotopic (exact) mass is 226 g/mol. The van der Waals surface area contributed by atoms with Gasteiger partial charge in [-0.15, -0.1) is 0 Å². The Kier molecular flexibility index (Phi) is 3.29. The van der Waals surface area contributed by atoms with Gasteiger partial charge in [0, 0.05) is 16.5 Å². The zero-order chi connectivity index (χ0) is 10.8. The largest absolute Gasteiger partial charge is 0.391 e. The van der Waals surface area contributed by atoms with Crippen LogP contribution in [0.15, 0.2) is 18.2 Å². The molecular weight excluding hydrogens is 210 g/mol. The molecule has 1 heterocycles. The minimum atomic E-state index is 0.269. The van der Waals surface area contributed by atoms with E-state index in [2.05, 4.69) is 19.1 Å². The summed E-state index contributed by atoms with van der Waals surface area (Å²) in [5.41, 5.74) is 2.76. The van der Waals surface area contributed by atoms with E-state index in [0.717, 1.165) is 24.7 Å². The number of benzene rings is 1. The molecule has 2 rings (SSSR count). The lowest BCUT2D eigenvalue weighted by molar-refractivity contribution is -0.917. The number of aliphatic hydroxyl groups excluding tert-OH is 1. The molecule has 0 bridgehead atoms. The van der Waals surface area contributed by atoms with E-state index >= 15 is 0 Å². The second-order valence-electron chi connectivity index (χ2n) is 4.35. The van der Waals surface area contributed by atoms with Crippen LogP contribution in [0, 0.1) is 0 Å². The summed E-state index contributed by atoms with van der Waals surface area (Å²) in [6, 6.07) is 6.15. The van der Waals surface area contributed by atoms with E-state index < -0.39 is 0 Å². The third-order valence-electron chi connectivity index (χ3n) is 3.14. The molecule has 1 unspecified atom stereocenters. The number of aliphatic hydroxyl groups is 1. The van der Waals surface area contributed by atoms with Gasteiger partial charge in [-0.1, -0.05) is 24.6 Å². The van der Waals surface area contributed by atoms with E-state index in [1.165, 1.54) is 16.0 Å². The molecule has 0 fully saturated rings. The molecule has 1 aromatic carbocycles. The zero-order valence-corrected chi connectivity index (χ0v) is 9.72. The summed E-state index contributed by atoms with van der Waals surface area (Å²) in [7, 11) is 0. The first kappa shape index (κ1) is 10.9. The summed E-state index contributed by atoms with van der Waals surface area (Å²) in [5.74, 6) is 0.536. The van der Waals surface area contributed by atoms with Crippen LogP contribution in [0.4, 0.5) is 0 Å². The molecule has 0 saturated carbocycles. The Morgan fingerprint density at radius 3 is 3.07 bits per heavy atom. The lowest BCUT2D eigenvalue weighted by Crippen LogP contribution is -3.12. The van der Waals surface area contributed by atoms with E-state index in [4.69, 9.17) is 16.7 Å². The molecule has 1 aliphatic rings. The minimum absolute atomic E-state index is 0.269. The number of halogens is 1. The van der Waals surface area contributed by atoms with Crippen molar-refractivity contribution >= 4 is 11.6 Å². The lowest BCUT2D eigenvalue weighted by atomic mass is 9.91. The second-order valence-corrected chi connectivity index (χ2v) is 4.79. The van der Waals surface area contributed by atoms with Crippen molar-refractivity contribution in [3.05, 3.63) is 34.3 Å². The molecule has 0 spiro atoms. The van der Waals surface area contributed by atoms with Gasteiger partial charge in [-0.05, 0) is 17.7 Å². The van der Waals surface area contributed by atoms with Gasteiger partial charge in [-0.3, -0.25) is 0 Å². The van der Waals surface area contributed by atoms with Crippen LogP contribution in [0.25, 0.3) is 0 Å². The summed E-state index contributed by atoms with van der Waals surface area (Å²) >= 11 is 5.99. The molecule has 15 heavy (non-hydrogen) atoms. The highest BCUT2D eigenvalue weighted by molar-refractivity contribution is 6.30. The molecule has 0 aromatic heterocycles. The number of fused-ring (bicyclic) bond motifs is 1. The normalized spacial score (nSPS) is 25.0. The van der Waals surface area contributed by atoms with Gasteiger partial charge >= 0.3 is 0 Å². The smallest absolute Gasteiger partial charge is 0.103 e. The van der Waals surface area contributed by atoms with Crippen molar-refractivity contribution in [1.82, 2.24) is 0 Å². The van der Waals surface area contributed by atoms with Crippen LogP contribution in [0.1, 0.15) is 24.0 Å². The maximum atomic E-state index is 8.95. The minimum Gasteiger partial charge on any atom is -0.391 e. The Morgan fingerprint density at radius 1 is 1.53 bits per heavy atom. The van der Waals surface area contributed by atoms with Gasteiger partial charge in [0.1, 0.15) is 13.1 Å². The molecule has 0 amide bonds. The molecule has 2 atom stereocenters. The molecule has 1 aliphatic heterocycles. The summed E-state index contributed by atoms with van der Waals surface area (Å²) in [4.78, 5) is 1.46.